The van der Waals surface area contributed by atoms with E-state index in [2.05, 4.69) is 0 Å². The van der Waals surface area contributed by atoms with Crippen LogP contribution in [0.3, 0.4) is 0 Å². The number of carboxylic acids is 1. The summed E-state index contributed by atoms with van der Waals surface area (Å²) in [6.45, 7) is 4.37. The van der Waals surface area contributed by atoms with E-state index < -0.39 is 5.97 Å². The fourth-order valence-corrected chi connectivity index (χ4v) is 2.32. The van der Waals surface area contributed by atoms with Crippen LogP contribution in [0.1, 0.15) is 23.6 Å². The van der Waals surface area contributed by atoms with E-state index in [0.29, 0.717) is 12.2 Å². The smallest absolute Gasteiger partial charge is 0.336 e. The molecule has 0 heterocycles. The maximum Gasteiger partial charge on any atom is 0.336 e. The summed E-state index contributed by atoms with van der Waals surface area (Å²) in [6, 6.07) is 12.7. The van der Waals surface area contributed by atoms with E-state index in [0.717, 1.165) is 22.6 Å². The van der Waals surface area contributed by atoms with Gasteiger partial charge in [0.15, 0.2) is 0 Å². The minimum absolute atomic E-state index is 0.246. The van der Waals surface area contributed by atoms with Crippen LogP contribution in [0.2, 0.25) is 0 Å². The van der Waals surface area contributed by atoms with Gasteiger partial charge >= 0.3 is 5.97 Å². The van der Waals surface area contributed by atoms with Gasteiger partial charge in [0, 0.05) is 0 Å². The summed E-state index contributed by atoms with van der Waals surface area (Å²) in [5.41, 5.74) is 2.59. The lowest BCUT2D eigenvalue weighted by Crippen LogP contribution is -2.02. The first-order valence-electron chi connectivity index (χ1n) is 7.38. The summed E-state index contributed by atoms with van der Waals surface area (Å²) in [5, 5.41) is 9.56. The highest BCUT2D eigenvalue weighted by atomic mass is 16.5. The Morgan fingerprint density at radius 1 is 1.13 bits per heavy atom. The third kappa shape index (κ3) is 4.13. The first-order chi connectivity index (χ1) is 11.0. The molecule has 0 bridgehead atoms. The van der Waals surface area contributed by atoms with Crippen LogP contribution in [0, 0.1) is 6.92 Å². The number of aryl methyl sites for hydroxylation is 1. The lowest BCUT2D eigenvalue weighted by Gasteiger charge is -2.10. The predicted octanol–water partition coefficient (Wildman–Crippen LogP) is 4.03. The molecule has 23 heavy (non-hydrogen) atoms. The standard InChI is InChI=1S/C19H20O4/c1-4-23-16-9-10-17(13(2)11-16)18(19(20)21)12-14-5-7-15(22-3)8-6-14/h5-12H,4H2,1-3H3,(H,20,21)/b18-12-. The van der Waals surface area contributed by atoms with Crippen LogP contribution in [-0.2, 0) is 4.79 Å². The minimum atomic E-state index is -0.965. The zero-order valence-electron chi connectivity index (χ0n) is 13.5. The molecule has 0 saturated heterocycles. The van der Waals surface area contributed by atoms with E-state index in [1.807, 2.05) is 32.0 Å². The molecule has 0 radical (unpaired) electrons. The Balaban J connectivity index is 2.41. The predicted molar refractivity (Wildman–Crippen MR) is 90.8 cm³/mol. The van der Waals surface area contributed by atoms with Crippen LogP contribution in [0.15, 0.2) is 42.5 Å². The van der Waals surface area contributed by atoms with Crippen LogP contribution >= 0.6 is 0 Å². The monoisotopic (exact) mass is 312 g/mol. The second kappa shape index (κ2) is 7.49. The Bertz CT molecular complexity index is 715. The second-order valence-electron chi connectivity index (χ2n) is 5.05. The molecule has 120 valence electrons. The van der Waals surface area contributed by atoms with Gasteiger partial charge in [0.25, 0.3) is 0 Å². The van der Waals surface area contributed by atoms with Crippen molar-refractivity contribution in [3.8, 4) is 11.5 Å². The molecule has 0 aromatic heterocycles. The SMILES string of the molecule is CCOc1ccc(/C(=C/c2ccc(OC)cc2)C(=O)O)c(C)c1. The Morgan fingerprint density at radius 2 is 1.78 bits per heavy atom. The maximum absolute atomic E-state index is 11.7. The molecular formula is C19H20O4. The van der Waals surface area contributed by atoms with Crippen molar-refractivity contribution >= 4 is 17.6 Å². The van der Waals surface area contributed by atoms with Crippen LogP contribution in [-0.4, -0.2) is 24.8 Å². The first-order valence-corrected chi connectivity index (χ1v) is 7.38. The fraction of sp³-hybridized carbons (Fsp3) is 0.211. The highest BCUT2D eigenvalue weighted by molar-refractivity contribution is 6.21. The number of hydrogen-bond acceptors (Lipinski definition) is 3. The van der Waals surface area contributed by atoms with Gasteiger partial charge in [-0.1, -0.05) is 18.2 Å². The van der Waals surface area contributed by atoms with Crippen molar-refractivity contribution in [1.29, 1.82) is 0 Å². The summed E-state index contributed by atoms with van der Waals surface area (Å²) >= 11 is 0. The number of hydrogen-bond donors (Lipinski definition) is 1. The summed E-state index contributed by atoms with van der Waals surface area (Å²) in [6.07, 6.45) is 1.66. The highest BCUT2D eigenvalue weighted by Crippen LogP contribution is 2.26. The van der Waals surface area contributed by atoms with Gasteiger partial charge in [-0.05, 0) is 60.9 Å². The number of benzene rings is 2. The molecule has 0 fully saturated rings. The highest BCUT2D eigenvalue weighted by Gasteiger charge is 2.13. The molecule has 4 nitrogen and oxygen atoms in total. The molecule has 0 amide bonds. The Hall–Kier alpha value is -2.75. The van der Waals surface area contributed by atoms with Gasteiger partial charge in [-0.25, -0.2) is 4.79 Å². The van der Waals surface area contributed by atoms with Crippen molar-refractivity contribution in [1.82, 2.24) is 0 Å². The van der Waals surface area contributed by atoms with Crippen molar-refractivity contribution in [3.63, 3.8) is 0 Å². The number of ether oxygens (including phenoxy) is 2. The van der Waals surface area contributed by atoms with Crippen LogP contribution in [0.25, 0.3) is 11.6 Å². The maximum atomic E-state index is 11.7. The van der Waals surface area contributed by atoms with Crippen LogP contribution < -0.4 is 9.47 Å². The van der Waals surface area contributed by atoms with Gasteiger partial charge in [-0.3, -0.25) is 0 Å². The van der Waals surface area contributed by atoms with Gasteiger partial charge in [0.05, 0.1) is 19.3 Å². The number of carbonyl (C=O) groups is 1. The number of aliphatic carboxylic acids is 1. The van der Waals surface area contributed by atoms with Gasteiger partial charge < -0.3 is 14.6 Å². The zero-order valence-corrected chi connectivity index (χ0v) is 13.5. The Morgan fingerprint density at radius 3 is 2.30 bits per heavy atom. The lowest BCUT2D eigenvalue weighted by molar-refractivity contribution is -0.130. The molecule has 0 aliphatic heterocycles. The topological polar surface area (TPSA) is 55.8 Å². The van der Waals surface area contributed by atoms with E-state index in [4.69, 9.17) is 9.47 Å². The van der Waals surface area contributed by atoms with E-state index in [9.17, 15) is 9.90 Å². The zero-order chi connectivity index (χ0) is 16.8. The third-order valence-electron chi connectivity index (χ3n) is 3.46. The van der Waals surface area contributed by atoms with E-state index in [1.54, 1.807) is 37.5 Å². The van der Waals surface area contributed by atoms with Crippen LogP contribution in [0.5, 0.6) is 11.5 Å². The average Bonchev–Trinajstić information content (AvgIpc) is 2.54. The quantitative estimate of drug-likeness (QED) is 0.646. The van der Waals surface area contributed by atoms with Crippen molar-refractivity contribution in [2.45, 2.75) is 13.8 Å². The summed E-state index contributed by atoms with van der Waals surface area (Å²) in [5.74, 6) is 0.507. The summed E-state index contributed by atoms with van der Waals surface area (Å²) in [4.78, 5) is 11.7. The molecule has 2 aromatic carbocycles. The van der Waals surface area contributed by atoms with E-state index in [1.165, 1.54) is 0 Å². The van der Waals surface area contributed by atoms with Crippen molar-refractivity contribution in [2.24, 2.45) is 0 Å². The van der Waals surface area contributed by atoms with Crippen molar-refractivity contribution in [2.75, 3.05) is 13.7 Å². The van der Waals surface area contributed by atoms with Crippen molar-refractivity contribution < 1.29 is 19.4 Å². The first kappa shape index (κ1) is 16.6. The molecule has 0 saturated carbocycles. The minimum Gasteiger partial charge on any atom is -0.497 e. The Kier molecular flexibility index (Phi) is 5.41. The second-order valence-corrected chi connectivity index (χ2v) is 5.05. The fourth-order valence-electron chi connectivity index (χ4n) is 2.32. The van der Waals surface area contributed by atoms with Gasteiger partial charge in [0.1, 0.15) is 11.5 Å². The van der Waals surface area contributed by atoms with Crippen LogP contribution in [0.4, 0.5) is 0 Å². The molecule has 4 heteroatoms. The largest absolute Gasteiger partial charge is 0.497 e. The van der Waals surface area contributed by atoms with Gasteiger partial charge in [-0.15, -0.1) is 0 Å². The van der Waals surface area contributed by atoms with Crippen molar-refractivity contribution in [3.05, 3.63) is 59.2 Å². The molecule has 2 rings (SSSR count). The normalized spacial score (nSPS) is 11.2. The molecular weight excluding hydrogens is 292 g/mol. The average molecular weight is 312 g/mol. The lowest BCUT2D eigenvalue weighted by atomic mass is 9.98. The Labute approximate surface area is 136 Å². The van der Waals surface area contributed by atoms with Gasteiger partial charge in [-0.2, -0.15) is 0 Å². The molecule has 0 aliphatic carbocycles. The molecule has 1 N–H and O–H groups in total. The van der Waals surface area contributed by atoms with E-state index >= 15 is 0 Å². The summed E-state index contributed by atoms with van der Waals surface area (Å²) in [7, 11) is 1.59. The molecule has 0 aliphatic rings. The molecule has 0 unspecified atom stereocenters. The van der Waals surface area contributed by atoms with E-state index in [-0.39, 0.29) is 5.57 Å². The number of carboxylic acid groups (broad SMARTS) is 1. The molecule has 0 spiro atoms. The molecule has 2 aromatic rings. The third-order valence-corrected chi connectivity index (χ3v) is 3.46. The van der Waals surface area contributed by atoms with Gasteiger partial charge in [0.2, 0.25) is 0 Å². The summed E-state index contributed by atoms with van der Waals surface area (Å²) < 4.78 is 10.6. The number of rotatable bonds is 6. The number of methoxy groups -OCH3 is 1. The molecule has 0 atom stereocenters.